The molecule has 0 spiro atoms. The molecule has 0 atom stereocenters. The third kappa shape index (κ3) is 3.78. The molecule has 4 nitrogen and oxygen atoms in total. The van der Waals surface area contributed by atoms with Gasteiger partial charge in [-0.3, -0.25) is 0 Å². The SMILES string of the molecule is CNc1cc(C(F)(F)F)cc(N2CCC(N(C)C)CC2)n1. The number of piperidine rings is 1. The van der Waals surface area contributed by atoms with Crippen LogP contribution in [0.2, 0.25) is 0 Å². The standard InChI is InChI=1S/C14H21F3N4/c1-18-12-8-10(14(15,16)17)9-13(19-12)21-6-4-11(5-7-21)20(2)3/h8-9,11H,4-7H2,1-3H3,(H,18,19). The van der Waals surface area contributed by atoms with Crippen LogP contribution >= 0.6 is 0 Å². The summed E-state index contributed by atoms with van der Waals surface area (Å²) in [6.45, 7) is 1.45. The minimum Gasteiger partial charge on any atom is -0.373 e. The minimum absolute atomic E-state index is 0.245. The largest absolute Gasteiger partial charge is 0.416 e. The molecule has 1 aromatic heterocycles. The Hall–Kier alpha value is -1.50. The third-order valence-electron chi connectivity index (χ3n) is 3.91. The first-order valence-electron chi connectivity index (χ1n) is 6.99. The van der Waals surface area contributed by atoms with Crippen LogP contribution in [-0.2, 0) is 6.18 Å². The van der Waals surface area contributed by atoms with Crippen LogP contribution in [0, 0.1) is 0 Å². The van der Waals surface area contributed by atoms with Crippen molar-refractivity contribution in [2.24, 2.45) is 0 Å². The van der Waals surface area contributed by atoms with Crippen LogP contribution in [0.4, 0.5) is 24.8 Å². The molecule has 0 radical (unpaired) electrons. The Morgan fingerprint density at radius 3 is 2.33 bits per heavy atom. The monoisotopic (exact) mass is 302 g/mol. The van der Waals surface area contributed by atoms with Crippen LogP contribution in [0.15, 0.2) is 12.1 Å². The Balaban J connectivity index is 2.20. The Morgan fingerprint density at radius 2 is 1.86 bits per heavy atom. The molecule has 0 aromatic carbocycles. The summed E-state index contributed by atoms with van der Waals surface area (Å²) >= 11 is 0. The lowest BCUT2D eigenvalue weighted by Crippen LogP contribution is -2.42. The summed E-state index contributed by atoms with van der Waals surface area (Å²) in [6, 6.07) is 2.66. The average Bonchev–Trinajstić information content (AvgIpc) is 2.46. The summed E-state index contributed by atoms with van der Waals surface area (Å²) in [5.41, 5.74) is -0.661. The Morgan fingerprint density at radius 1 is 1.24 bits per heavy atom. The summed E-state index contributed by atoms with van der Waals surface area (Å²) in [5.74, 6) is 0.640. The van der Waals surface area contributed by atoms with Gasteiger partial charge in [0, 0.05) is 26.2 Å². The fourth-order valence-corrected chi connectivity index (χ4v) is 2.58. The van der Waals surface area contributed by atoms with E-state index in [1.54, 1.807) is 7.05 Å². The molecule has 1 fully saturated rings. The lowest BCUT2D eigenvalue weighted by atomic mass is 10.0. The molecule has 118 valence electrons. The number of rotatable bonds is 3. The highest BCUT2D eigenvalue weighted by atomic mass is 19.4. The highest BCUT2D eigenvalue weighted by Crippen LogP contribution is 2.33. The van der Waals surface area contributed by atoms with E-state index in [-0.39, 0.29) is 5.82 Å². The summed E-state index contributed by atoms with van der Waals surface area (Å²) in [4.78, 5) is 8.35. The van der Waals surface area contributed by atoms with Crippen LogP contribution < -0.4 is 10.2 Å². The summed E-state index contributed by atoms with van der Waals surface area (Å²) in [7, 11) is 5.63. The van der Waals surface area contributed by atoms with Crippen molar-refractivity contribution in [3.63, 3.8) is 0 Å². The number of hydrogen-bond donors (Lipinski definition) is 1. The maximum atomic E-state index is 12.9. The molecule has 21 heavy (non-hydrogen) atoms. The van der Waals surface area contributed by atoms with E-state index in [1.807, 2.05) is 19.0 Å². The van der Waals surface area contributed by atoms with Gasteiger partial charge >= 0.3 is 6.18 Å². The van der Waals surface area contributed by atoms with Crippen LogP contribution in [-0.4, -0.2) is 50.2 Å². The first kappa shape index (κ1) is 15.9. The molecule has 1 aliphatic heterocycles. The van der Waals surface area contributed by atoms with Gasteiger partial charge in [0.25, 0.3) is 0 Å². The predicted octanol–water partition coefficient (Wildman–Crippen LogP) is 2.67. The Bertz CT molecular complexity index is 480. The molecular formula is C14H21F3N4. The Labute approximate surface area is 122 Å². The molecule has 0 bridgehead atoms. The van der Waals surface area contributed by atoms with E-state index in [0.29, 0.717) is 11.9 Å². The molecule has 1 aliphatic rings. The van der Waals surface area contributed by atoms with E-state index in [2.05, 4.69) is 15.2 Å². The number of pyridine rings is 1. The second-order valence-electron chi connectivity index (χ2n) is 5.53. The molecular weight excluding hydrogens is 281 g/mol. The van der Waals surface area contributed by atoms with Gasteiger partial charge in [-0.2, -0.15) is 13.2 Å². The van der Waals surface area contributed by atoms with Crippen LogP contribution in [0.3, 0.4) is 0 Å². The van der Waals surface area contributed by atoms with Gasteiger partial charge in [-0.1, -0.05) is 0 Å². The predicted molar refractivity (Wildman–Crippen MR) is 77.7 cm³/mol. The van der Waals surface area contributed by atoms with Gasteiger partial charge in [0.15, 0.2) is 0 Å². The summed E-state index contributed by atoms with van der Waals surface area (Å²) in [6.07, 6.45) is -2.50. The fraction of sp³-hybridized carbons (Fsp3) is 0.643. The van der Waals surface area contributed by atoms with Crippen LogP contribution in [0.25, 0.3) is 0 Å². The smallest absolute Gasteiger partial charge is 0.373 e. The second-order valence-corrected chi connectivity index (χ2v) is 5.53. The first-order valence-corrected chi connectivity index (χ1v) is 6.99. The molecule has 2 heterocycles. The molecule has 2 rings (SSSR count). The number of nitrogens with one attached hydrogen (secondary N) is 1. The van der Waals surface area contributed by atoms with Crippen molar-refractivity contribution in [1.82, 2.24) is 9.88 Å². The number of hydrogen-bond acceptors (Lipinski definition) is 4. The molecule has 7 heteroatoms. The lowest BCUT2D eigenvalue weighted by molar-refractivity contribution is -0.137. The van der Waals surface area contributed by atoms with Crippen LogP contribution in [0.5, 0.6) is 0 Å². The van der Waals surface area contributed by atoms with Crippen molar-refractivity contribution in [1.29, 1.82) is 0 Å². The number of anilines is 2. The van der Waals surface area contributed by atoms with Crippen molar-refractivity contribution in [3.05, 3.63) is 17.7 Å². The highest BCUT2D eigenvalue weighted by molar-refractivity contribution is 5.51. The van der Waals surface area contributed by atoms with E-state index in [0.717, 1.165) is 38.1 Å². The third-order valence-corrected chi connectivity index (χ3v) is 3.91. The molecule has 0 unspecified atom stereocenters. The fourth-order valence-electron chi connectivity index (χ4n) is 2.58. The number of aromatic nitrogens is 1. The van der Waals surface area contributed by atoms with Gasteiger partial charge in [0.2, 0.25) is 0 Å². The zero-order valence-electron chi connectivity index (χ0n) is 12.5. The molecule has 0 amide bonds. The van der Waals surface area contributed by atoms with Gasteiger partial charge in [-0.15, -0.1) is 0 Å². The van der Waals surface area contributed by atoms with Gasteiger partial charge in [0.1, 0.15) is 11.6 Å². The van der Waals surface area contributed by atoms with Crippen molar-refractivity contribution in [2.45, 2.75) is 25.1 Å². The first-order chi connectivity index (χ1) is 9.81. The highest BCUT2D eigenvalue weighted by Gasteiger charge is 2.32. The maximum absolute atomic E-state index is 12.9. The molecule has 1 N–H and O–H groups in total. The molecule has 1 saturated heterocycles. The van der Waals surface area contributed by atoms with Crippen LogP contribution in [0.1, 0.15) is 18.4 Å². The zero-order chi connectivity index (χ0) is 15.6. The normalized spacial score (nSPS) is 17.4. The second kappa shape index (κ2) is 6.09. The van der Waals surface area contributed by atoms with E-state index < -0.39 is 11.7 Å². The van der Waals surface area contributed by atoms with Crippen molar-refractivity contribution in [2.75, 3.05) is 44.4 Å². The number of nitrogens with zero attached hydrogens (tertiary/aromatic N) is 3. The minimum atomic E-state index is -4.36. The average molecular weight is 302 g/mol. The Kier molecular flexibility index (Phi) is 4.61. The van der Waals surface area contributed by atoms with Gasteiger partial charge in [-0.25, -0.2) is 4.98 Å². The zero-order valence-corrected chi connectivity index (χ0v) is 12.5. The van der Waals surface area contributed by atoms with Gasteiger partial charge < -0.3 is 15.1 Å². The molecule has 1 aromatic rings. The topological polar surface area (TPSA) is 31.4 Å². The van der Waals surface area contributed by atoms with E-state index in [9.17, 15) is 13.2 Å². The molecule has 0 saturated carbocycles. The number of halogens is 3. The van der Waals surface area contributed by atoms with E-state index in [1.165, 1.54) is 0 Å². The van der Waals surface area contributed by atoms with E-state index >= 15 is 0 Å². The van der Waals surface area contributed by atoms with Crippen molar-refractivity contribution in [3.8, 4) is 0 Å². The molecule has 0 aliphatic carbocycles. The van der Waals surface area contributed by atoms with Crippen molar-refractivity contribution < 1.29 is 13.2 Å². The summed E-state index contributed by atoms with van der Waals surface area (Å²) < 4.78 is 38.8. The van der Waals surface area contributed by atoms with Gasteiger partial charge in [-0.05, 0) is 39.1 Å². The maximum Gasteiger partial charge on any atom is 0.416 e. The quantitative estimate of drug-likeness (QED) is 0.930. The van der Waals surface area contributed by atoms with Gasteiger partial charge in [0.05, 0.1) is 5.56 Å². The summed E-state index contributed by atoms with van der Waals surface area (Å²) in [5, 5.41) is 2.70. The van der Waals surface area contributed by atoms with E-state index in [4.69, 9.17) is 0 Å². The van der Waals surface area contributed by atoms with Crippen molar-refractivity contribution >= 4 is 11.6 Å². The number of alkyl halides is 3. The lowest BCUT2D eigenvalue weighted by Gasteiger charge is -2.36.